The highest BCUT2D eigenvalue weighted by atomic mass is 19.2. The molecule has 0 aliphatic heterocycles. The van der Waals surface area contributed by atoms with E-state index in [2.05, 4.69) is 5.32 Å². The lowest BCUT2D eigenvalue weighted by atomic mass is 10.3. The van der Waals surface area contributed by atoms with Crippen molar-refractivity contribution in [1.29, 1.82) is 0 Å². The maximum Gasteiger partial charge on any atom is 0.314 e. The molecule has 1 amide bonds. The fourth-order valence-electron chi connectivity index (χ4n) is 0.633. The molecule has 1 aromatic carbocycles. The van der Waals surface area contributed by atoms with E-state index in [9.17, 15) is 13.6 Å². The van der Waals surface area contributed by atoms with Gasteiger partial charge in [-0.15, -0.1) is 0 Å². The number of nitrogens with one attached hydrogen (secondary N) is 1. The summed E-state index contributed by atoms with van der Waals surface area (Å²) in [5.41, 5.74) is 0.180. The molecule has 0 aliphatic carbocycles. The van der Waals surface area contributed by atoms with Crippen LogP contribution in [0.3, 0.4) is 0 Å². The summed E-state index contributed by atoms with van der Waals surface area (Å²) < 4.78 is 24.6. The van der Waals surface area contributed by atoms with Gasteiger partial charge in [-0.1, -0.05) is 0 Å². The highest BCUT2D eigenvalue weighted by Gasteiger charge is 2.00. The van der Waals surface area contributed by atoms with Crippen molar-refractivity contribution in [3.8, 4) is 0 Å². The van der Waals surface area contributed by atoms with Gasteiger partial charge in [0.25, 0.3) is 0 Å². The van der Waals surface area contributed by atoms with Gasteiger partial charge < -0.3 is 5.32 Å². The average molecular weight is 156 g/mol. The third-order valence-electron chi connectivity index (χ3n) is 1.11. The lowest BCUT2D eigenvalue weighted by molar-refractivity contribution is 0.509. The Morgan fingerprint density at radius 3 is 2.55 bits per heavy atom. The normalized spacial score (nSPS) is 9.27. The standard InChI is InChI=1S/C7H4F2NO/c8-6-2-1-5(10-4-11)3-7(6)9/h1-3H,(H,10,11). The summed E-state index contributed by atoms with van der Waals surface area (Å²) in [4.78, 5) is 9.72. The fourth-order valence-corrected chi connectivity index (χ4v) is 0.633. The predicted octanol–water partition coefficient (Wildman–Crippen LogP) is 1.44. The van der Waals surface area contributed by atoms with E-state index in [1.165, 1.54) is 12.5 Å². The molecule has 57 valence electrons. The third-order valence-corrected chi connectivity index (χ3v) is 1.11. The Balaban J connectivity index is 2.95. The van der Waals surface area contributed by atoms with Gasteiger partial charge in [0.05, 0.1) is 0 Å². The number of amides is 1. The predicted molar refractivity (Wildman–Crippen MR) is 35.7 cm³/mol. The zero-order chi connectivity index (χ0) is 8.27. The summed E-state index contributed by atoms with van der Waals surface area (Å²) in [6.45, 7) is 0. The van der Waals surface area contributed by atoms with E-state index in [4.69, 9.17) is 0 Å². The van der Waals surface area contributed by atoms with Crippen molar-refractivity contribution in [3.63, 3.8) is 0 Å². The first-order valence-corrected chi connectivity index (χ1v) is 2.82. The van der Waals surface area contributed by atoms with Gasteiger partial charge >= 0.3 is 6.41 Å². The van der Waals surface area contributed by atoms with Gasteiger partial charge in [0.15, 0.2) is 11.6 Å². The Labute approximate surface area is 61.8 Å². The molecule has 1 aromatic rings. The molecule has 0 fully saturated rings. The second-order valence-corrected chi connectivity index (χ2v) is 1.86. The summed E-state index contributed by atoms with van der Waals surface area (Å²) in [5.74, 6) is -1.94. The van der Waals surface area contributed by atoms with E-state index in [0.29, 0.717) is 0 Å². The second kappa shape index (κ2) is 3.09. The highest BCUT2D eigenvalue weighted by molar-refractivity contribution is 5.71. The molecule has 0 aliphatic rings. The minimum atomic E-state index is -0.995. The zero-order valence-corrected chi connectivity index (χ0v) is 5.40. The van der Waals surface area contributed by atoms with E-state index in [1.54, 1.807) is 0 Å². The minimum Gasteiger partial charge on any atom is -0.318 e. The van der Waals surface area contributed by atoms with Crippen LogP contribution in [0.4, 0.5) is 14.5 Å². The molecule has 11 heavy (non-hydrogen) atoms. The molecule has 0 saturated carbocycles. The van der Waals surface area contributed by atoms with E-state index < -0.39 is 11.6 Å². The van der Waals surface area contributed by atoms with E-state index in [1.807, 2.05) is 0 Å². The summed E-state index contributed by atoms with van der Waals surface area (Å²) >= 11 is 0. The van der Waals surface area contributed by atoms with Crippen LogP contribution in [0.15, 0.2) is 18.2 Å². The van der Waals surface area contributed by atoms with Crippen LogP contribution >= 0.6 is 0 Å². The lowest BCUT2D eigenvalue weighted by Gasteiger charge is -1.96. The zero-order valence-electron chi connectivity index (χ0n) is 5.40. The Hall–Kier alpha value is -1.45. The quantitative estimate of drug-likeness (QED) is 0.645. The first-order valence-electron chi connectivity index (χ1n) is 2.82. The molecule has 0 atom stereocenters. The van der Waals surface area contributed by atoms with Crippen LogP contribution in [0.25, 0.3) is 0 Å². The number of halogens is 2. The minimum absolute atomic E-state index is 0.180. The van der Waals surface area contributed by atoms with E-state index in [0.717, 1.165) is 12.1 Å². The molecule has 0 heterocycles. The second-order valence-electron chi connectivity index (χ2n) is 1.86. The molecular formula is C7H4F2NO. The Morgan fingerprint density at radius 2 is 2.00 bits per heavy atom. The van der Waals surface area contributed by atoms with Crippen molar-refractivity contribution >= 4 is 12.1 Å². The molecule has 2 nitrogen and oxygen atoms in total. The monoisotopic (exact) mass is 156 g/mol. The number of carbonyl (C=O) groups excluding carboxylic acids is 1. The van der Waals surface area contributed by atoms with Crippen LogP contribution in [0.5, 0.6) is 0 Å². The Morgan fingerprint density at radius 1 is 1.27 bits per heavy atom. The average Bonchev–Trinajstić information content (AvgIpc) is 1.98. The fraction of sp³-hybridized carbons (Fsp3) is 0. The van der Waals surface area contributed by atoms with Crippen molar-refractivity contribution in [3.05, 3.63) is 29.8 Å². The lowest BCUT2D eigenvalue weighted by Crippen LogP contribution is -1.94. The molecule has 0 bridgehead atoms. The molecule has 1 N–H and O–H groups in total. The smallest absolute Gasteiger partial charge is 0.314 e. The molecule has 0 aromatic heterocycles. The highest BCUT2D eigenvalue weighted by Crippen LogP contribution is 2.11. The van der Waals surface area contributed by atoms with Crippen molar-refractivity contribution in [2.24, 2.45) is 0 Å². The molecule has 1 radical (unpaired) electrons. The van der Waals surface area contributed by atoms with Crippen LogP contribution in [-0.4, -0.2) is 6.41 Å². The van der Waals surface area contributed by atoms with Crippen LogP contribution in [0, 0.1) is 11.6 Å². The van der Waals surface area contributed by atoms with Crippen molar-refractivity contribution in [2.45, 2.75) is 0 Å². The van der Waals surface area contributed by atoms with Crippen molar-refractivity contribution in [2.75, 3.05) is 5.32 Å². The number of anilines is 1. The molecule has 0 spiro atoms. The number of rotatable bonds is 2. The molecule has 4 heteroatoms. The molecule has 0 saturated heterocycles. The molecule has 0 unspecified atom stereocenters. The van der Waals surface area contributed by atoms with Crippen LogP contribution < -0.4 is 5.32 Å². The number of hydrogen-bond donors (Lipinski definition) is 1. The summed E-state index contributed by atoms with van der Waals surface area (Å²) in [7, 11) is 0. The van der Waals surface area contributed by atoms with Gasteiger partial charge in [-0.2, -0.15) is 0 Å². The van der Waals surface area contributed by atoms with E-state index in [-0.39, 0.29) is 5.69 Å². The summed E-state index contributed by atoms with van der Waals surface area (Å²) in [6.07, 6.45) is 1.34. The maximum atomic E-state index is 12.4. The molecular weight excluding hydrogens is 152 g/mol. The number of hydrogen-bond acceptors (Lipinski definition) is 1. The van der Waals surface area contributed by atoms with Crippen LogP contribution in [0.2, 0.25) is 0 Å². The van der Waals surface area contributed by atoms with Gasteiger partial charge in [0, 0.05) is 11.8 Å². The van der Waals surface area contributed by atoms with Crippen molar-refractivity contribution in [1.82, 2.24) is 0 Å². The van der Waals surface area contributed by atoms with Gasteiger partial charge in [0.2, 0.25) is 0 Å². The first-order chi connectivity index (χ1) is 5.24. The van der Waals surface area contributed by atoms with Gasteiger partial charge in [0.1, 0.15) is 0 Å². The largest absolute Gasteiger partial charge is 0.318 e. The van der Waals surface area contributed by atoms with Gasteiger partial charge in [-0.05, 0) is 12.1 Å². The first kappa shape index (κ1) is 7.65. The maximum absolute atomic E-state index is 12.4. The van der Waals surface area contributed by atoms with E-state index >= 15 is 0 Å². The molecule has 1 rings (SSSR count). The Kier molecular flexibility index (Phi) is 2.15. The number of benzene rings is 1. The van der Waals surface area contributed by atoms with Gasteiger partial charge in [-0.25, -0.2) is 8.78 Å². The SMILES string of the molecule is O=[C]Nc1ccc(F)c(F)c1. The summed E-state index contributed by atoms with van der Waals surface area (Å²) in [6, 6.07) is 3.04. The topological polar surface area (TPSA) is 29.1 Å². The summed E-state index contributed by atoms with van der Waals surface area (Å²) in [5, 5.41) is 2.06. The van der Waals surface area contributed by atoms with Crippen molar-refractivity contribution < 1.29 is 13.6 Å². The van der Waals surface area contributed by atoms with Crippen LogP contribution in [0.1, 0.15) is 0 Å². The van der Waals surface area contributed by atoms with Gasteiger partial charge in [-0.3, -0.25) is 4.79 Å². The third kappa shape index (κ3) is 1.73. The Bertz CT molecular complexity index is 275. The van der Waals surface area contributed by atoms with Crippen LogP contribution in [-0.2, 0) is 4.79 Å².